The number of nitrogens with zero attached hydrogens (tertiary/aromatic N) is 2. The zero-order valence-corrected chi connectivity index (χ0v) is 21.8. The molecule has 0 fully saturated rings. The number of amides is 1. The Kier molecular flexibility index (Phi) is 6.65. The molecule has 4 aromatic rings. The SMILES string of the molecule is COc1cc(C2c3c(oc4cc(C)c(Cl)cc4c3=O)C(=O)N2Cc2cccnc2)ccc1OCC(C)C. The number of hydrogen-bond donors (Lipinski definition) is 0. The highest BCUT2D eigenvalue weighted by Gasteiger charge is 2.43. The molecule has 8 heteroatoms. The Morgan fingerprint density at radius 1 is 1.14 bits per heavy atom. The lowest BCUT2D eigenvalue weighted by molar-refractivity contribution is 0.0714. The third-order valence-electron chi connectivity index (χ3n) is 6.40. The van der Waals surface area contributed by atoms with Crippen molar-refractivity contribution in [3.63, 3.8) is 0 Å². The van der Waals surface area contributed by atoms with E-state index < -0.39 is 6.04 Å². The predicted molar refractivity (Wildman–Crippen MR) is 142 cm³/mol. The summed E-state index contributed by atoms with van der Waals surface area (Å²) in [7, 11) is 1.56. The van der Waals surface area contributed by atoms with Crippen molar-refractivity contribution in [1.82, 2.24) is 9.88 Å². The Hall–Kier alpha value is -3.84. The number of rotatable bonds is 7. The van der Waals surface area contributed by atoms with Gasteiger partial charge in [0.05, 0.1) is 30.7 Å². The Balaban J connectivity index is 1.69. The molecule has 0 bridgehead atoms. The third kappa shape index (κ3) is 4.55. The van der Waals surface area contributed by atoms with E-state index in [0.29, 0.717) is 45.6 Å². The van der Waals surface area contributed by atoms with Gasteiger partial charge in [0, 0.05) is 24.0 Å². The molecule has 0 N–H and O–H groups in total. The van der Waals surface area contributed by atoms with Crippen molar-refractivity contribution in [2.75, 3.05) is 13.7 Å². The van der Waals surface area contributed by atoms with Gasteiger partial charge in [0.2, 0.25) is 5.76 Å². The van der Waals surface area contributed by atoms with Crippen molar-refractivity contribution in [3.8, 4) is 11.5 Å². The highest BCUT2D eigenvalue weighted by atomic mass is 35.5. The van der Waals surface area contributed by atoms with E-state index >= 15 is 0 Å². The quantitative estimate of drug-likeness (QED) is 0.301. The summed E-state index contributed by atoms with van der Waals surface area (Å²) < 4.78 is 17.6. The van der Waals surface area contributed by atoms with Crippen LogP contribution in [0.2, 0.25) is 5.02 Å². The van der Waals surface area contributed by atoms with Crippen LogP contribution in [0.25, 0.3) is 11.0 Å². The van der Waals surface area contributed by atoms with Gasteiger partial charge in [0.1, 0.15) is 5.58 Å². The molecule has 3 heterocycles. The van der Waals surface area contributed by atoms with E-state index in [-0.39, 0.29) is 29.2 Å². The monoisotopic (exact) mass is 518 g/mol. The standard InChI is InChI=1S/C29H27ClN2O5/c1-16(2)15-36-22-8-7-19(11-24(22)35-4)26-25-27(33)20-12-21(30)17(3)10-23(20)37-28(25)29(34)32(26)14-18-6-5-9-31-13-18/h5-13,16,26H,14-15H2,1-4H3. The topological polar surface area (TPSA) is 81.9 Å². The van der Waals surface area contributed by atoms with Crippen LogP contribution >= 0.6 is 11.6 Å². The highest BCUT2D eigenvalue weighted by Crippen LogP contribution is 2.42. The first-order valence-electron chi connectivity index (χ1n) is 12.1. The van der Waals surface area contributed by atoms with Crippen molar-refractivity contribution < 1.29 is 18.7 Å². The number of fused-ring (bicyclic) bond motifs is 2. The molecule has 0 saturated heterocycles. The summed E-state index contributed by atoms with van der Waals surface area (Å²) in [5, 5.41) is 0.792. The number of pyridine rings is 1. The lowest BCUT2D eigenvalue weighted by atomic mass is 9.97. The fraction of sp³-hybridized carbons (Fsp3) is 0.276. The first kappa shape index (κ1) is 24.8. The summed E-state index contributed by atoms with van der Waals surface area (Å²) in [4.78, 5) is 33.4. The van der Waals surface area contributed by atoms with Gasteiger partial charge in [-0.3, -0.25) is 14.6 Å². The van der Waals surface area contributed by atoms with Crippen LogP contribution in [-0.4, -0.2) is 29.5 Å². The Morgan fingerprint density at radius 2 is 1.95 bits per heavy atom. The lowest BCUT2D eigenvalue weighted by Crippen LogP contribution is -2.29. The molecule has 37 heavy (non-hydrogen) atoms. The van der Waals surface area contributed by atoms with E-state index in [1.54, 1.807) is 36.5 Å². The van der Waals surface area contributed by atoms with Crippen LogP contribution < -0.4 is 14.9 Å². The molecule has 2 aromatic heterocycles. The fourth-order valence-corrected chi connectivity index (χ4v) is 4.73. The van der Waals surface area contributed by atoms with Crippen molar-refractivity contribution in [2.45, 2.75) is 33.4 Å². The van der Waals surface area contributed by atoms with E-state index in [1.807, 2.05) is 37.3 Å². The van der Waals surface area contributed by atoms with Gasteiger partial charge in [-0.15, -0.1) is 0 Å². The van der Waals surface area contributed by atoms with Gasteiger partial charge in [-0.2, -0.15) is 0 Å². The second kappa shape index (κ2) is 9.90. The van der Waals surface area contributed by atoms with Gasteiger partial charge in [-0.05, 0) is 59.9 Å². The summed E-state index contributed by atoms with van der Waals surface area (Å²) in [6.45, 7) is 6.73. The molecule has 0 saturated carbocycles. The van der Waals surface area contributed by atoms with Crippen molar-refractivity contribution in [3.05, 3.63) is 98.1 Å². The van der Waals surface area contributed by atoms with Crippen LogP contribution in [0, 0.1) is 12.8 Å². The average Bonchev–Trinajstić information content (AvgIpc) is 3.16. The average molecular weight is 519 g/mol. The second-order valence-corrected chi connectivity index (χ2v) is 9.99. The van der Waals surface area contributed by atoms with Crippen molar-refractivity contribution in [1.29, 1.82) is 0 Å². The van der Waals surface area contributed by atoms with Gasteiger partial charge in [0.15, 0.2) is 16.9 Å². The molecule has 1 atom stereocenters. The number of carbonyl (C=O) groups excluding carboxylic acids is 1. The highest BCUT2D eigenvalue weighted by molar-refractivity contribution is 6.32. The number of methoxy groups -OCH3 is 1. The third-order valence-corrected chi connectivity index (χ3v) is 6.81. The number of carbonyl (C=O) groups is 1. The summed E-state index contributed by atoms with van der Waals surface area (Å²) in [6, 6.07) is 11.8. The molecule has 1 unspecified atom stereocenters. The fourth-order valence-electron chi connectivity index (χ4n) is 4.57. The minimum Gasteiger partial charge on any atom is -0.493 e. The van der Waals surface area contributed by atoms with Crippen LogP contribution in [0.4, 0.5) is 0 Å². The smallest absolute Gasteiger partial charge is 0.291 e. The summed E-state index contributed by atoms with van der Waals surface area (Å²) >= 11 is 6.34. The summed E-state index contributed by atoms with van der Waals surface area (Å²) in [6.07, 6.45) is 3.37. The minimum absolute atomic E-state index is 0.0345. The summed E-state index contributed by atoms with van der Waals surface area (Å²) in [5.74, 6) is 1.12. The first-order chi connectivity index (χ1) is 17.8. The molecular formula is C29H27ClN2O5. The van der Waals surface area contributed by atoms with E-state index in [2.05, 4.69) is 18.8 Å². The first-order valence-corrected chi connectivity index (χ1v) is 12.4. The number of ether oxygens (including phenoxy) is 2. The Morgan fingerprint density at radius 3 is 2.65 bits per heavy atom. The number of aromatic nitrogens is 1. The van der Waals surface area contributed by atoms with Gasteiger partial charge in [-0.25, -0.2) is 0 Å². The van der Waals surface area contributed by atoms with E-state index in [9.17, 15) is 9.59 Å². The largest absolute Gasteiger partial charge is 0.493 e. The number of benzene rings is 2. The maximum Gasteiger partial charge on any atom is 0.291 e. The van der Waals surface area contributed by atoms with Crippen molar-refractivity contribution >= 4 is 28.5 Å². The van der Waals surface area contributed by atoms with Crippen LogP contribution in [0.1, 0.15) is 52.7 Å². The molecule has 0 aliphatic carbocycles. The van der Waals surface area contributed by atoms with Crippen LogP contribution in [0.5, 0.6) is 11.5 Å². The molecule has 5 rings (SSSR count). The zero-order valence-electron chi connectivity index (χ0n) is 21.1. The van der Waals surface area contributed by atoms with Gasteiger partial charge >= 0.3 is 0 Å². The van der Waals surface area contributed by atoms with Gasteiger partial charge < -0.3 is 18.8 Å². The molecule has 2 aromatic carbocycles. The number of aryl methyl sites for hydroxylation is 1. The molecule has 1 aliphatic heterocycles. The molecule has 0 spiro atoms. The lowest BCUT2D eigenvalue weighted by Gasteiger charge is -2.26. The predicted octanol–water partition coefficient (Wildman–Crippen LogP) is 5.94. The zero-order chi connectivity index (χ0) is 26.3. The van der Waals surface area contributed by atoms with Gasteiger partial charge in [0.25, 0.3) is 5.91 Å². The van der Waals surface area contributed by atoms with Crippen LogP contribution in [0.3, 0.4) is 0 Å². The minimum atomic E-state index is -0.698. The Bertz CT molecular complexity index is 1550. The van der Waals surface area contributed by atoms with Crippen molar-refractivity contribution in [2.24, 2.45) is 5.92 Å². The van der Waals surface area contributed by atoms with E-state index in [1.165, 1.54) is 0 Å². The van der Waals surface area contributed by atoms with E-state index in [4.69, 9.17) is 25.5 Å². The normalized spacial score (nSPS) is 14.9. The second-order valence-electron chi connectivity index (χ2n) is 9.58. The molecule has 1 amide bonds. The molecule has 0 radical (unpaired) electrons. The molecular weight excluding hydrogens is 492 g/mol. The Labute approximate surface area is 219 Å². The number of hydrogen-bond acceptors (Lipinski definition) is 6. The van der Waals surface area contributed by atoms with E-state index in [0.717, 1.165) is 11.1 Å². The molecule has 7 nitrogen and oxygen atoms in total. The van der Waals surface area contributed by atoms with Crippen LogP contribution in [0.15, 0.2) is 64.1 Å². The van der Waals surface area contributed by atoms with Gasteiger partial charge in [-0.1, -0.05) is 37.6 Å². The number of halogens is 1. The van der Waals surface area contributed by atoms with Crippen LogP contribution in [-0.2, 0) is 6.54 Å². The summed E-state index contributed by atoms with van der Waals surface area (Å²) in [5.41, 5.74) is 2.61. The maximum atomic E-state index is 13.8. The molecule has 1 aliphatic rings. The maximum absolute atomic E-state index is 13.8. The molecule has 190 valence electrons.